The van der Waals surface area contributed by atoms with Gasteiger partial charge in [0.1, 0.15) is 5.75 Å². The molecule has 0 aliphatic heterocycles. The molecule has 6 heteroatoms. The Labute approximate surface area is 127 Å². The second kappa shape index (κ2) is 6.01. The number of halogens is 4. The lowest BCUT2D eigenvalue weighted by Crippen LogP contribution is -2.17. The van der Waals surface area contributed by atoms with E-state index in [1.807, 2.05) is 24.3 Å². The van der Waals surface area contributed by atoms with Crippen molar-refractivity contribution in [3.8, 4) is 5.75 Å². The maximum Gasteiger partial charge on any atom is 0.573 e. The first-order valence-electron chi connectivity index (χ1n) is 5.72. The molecule has 0 aromatic heterocycles. The fourth-order valence-electron chi connectivity index (χ4n) is 1.78. The molecule has 106 valence electrons. The molecule has 1 atom stereocenters. The molecule has 0 aliphatic rings. The van der Waals surface area contributed by atoms with Crippen LogP contribution in [-0.2, 0) is 0 Å². The zero-order valence-electron chi connectivity index (χ0n) is 10.2. The van der Waals surface area contributed by atoms with Crippen LogP contribution >= 0.6 is 22.6 Å². The van der Waals surface area contributed by atoms with Gasteiger partial charge in [-0.15, -0.1) is 13.2 Å². The first-order valence-corrected chi connectivity index (χ1v) is 6.80. The lowest BCUT2D eigenvalue weighted by Gasteiger charge is -2.15. The molecular formula is C14H11F3INO. The molecule has 0 radical (unpaired) electrons. The smallest absolute Gasteiger partial charge is 0.406 e. The van der Waals surface area contributed by atoms with Crippen molar-refractivity contribution in [3.63, 3.8) is 0 Å². The molecule has 0 bridgehead atoms. The first kappa shape index (κ1) is 15.1. The van der Waals surface area contributed by atoms with Gasteiger partial charge >= 0.3 is 6.36 Å². The van der Waals surface area contributed by atoms with Crippen molar-refractivity contribution in [2.24, 2.45) is 5.73 Å². The van der Waals surface area contributed by atoms with E-state index in [0.717, 1.165) is 14.7 Å². The Morgan fingerprint density at radius 1 is 1.00 bits per heavy atom. The van der Waals surface area contributed by atoms with Crippen LogP contribution < -0.4 is 10.5 Å². The van der Waals surface area contributed by atoms with Gasteiger partial charge in [-0.2, -0.15) is 0 Å². The summed E-state index contributed by atoms with van der Waals surface area (Å²) in [7, 11) is 0. The third kappa shape index (κ3) is 3.86. The summed E-state index contributed by atoms with van der Waals surface area (Å²) in [6.45, 7) is 0. The van der Waals surface area contributed by atoms with Crippen LogP contribution in [0, 0.1) is 3.57 Å². The normalized spacial score (nSPS) is 13.1. The summed E-state index contributed by atoms with van der Waals surface area (Å²) in [4.78, 5) is 0. The molecule has 2 aromatic carbocycles. The lowest BCUT2D eigenvalue weighted by molar-refractivity contribution is -0.274. The van der Waals surface area contributed by atoms with Gasteiger partial charge in [-0.3, -0.25) is 0 Å². The summed E-state index contributed by atoms with van der Waals surface area (Å²) in [6.07, 6.45) is -4.68. The molecule has 2 aromatic rings. The topological polar surface area (TPSA) is 35.2 Å². The molecule has 0 saturated carbocycles. The molecule has 0 heterocycles. The van der Waals surface area contributed by atoms with Gasteiger partial charge in [0.15, 0.2) is 0 Å². The Morgan fingerprint density at radius 3 is 2.15 bits per heavy atom. The molecule has 0 unspecified atom stereocenters. The fraction of sp³-hybridized carbons (Fsp3) is 0.143. The summed E-state index contributed by atoms with van der Waals surface area (Å²) < 4.78 is 41.0. The predicted octanol–water partition coefficient (Wildman–Crippen LogP) is 4.24. The minimum absolute atomic E-state index is 0.254. The van der Waals surface area contributed by atoms with Gasteiger partial charge in [-0.25, -0.2) is 0 Å². The molecule has 2 nitrogen and oxygen atoms in total. The average molecular weight is 393 g/mol. The zero-order chi connectivity index (χ0) is 14.8. The van der Waals surface area contributed by atoms with E-state index in [-0.39, 0.29) is 11.8 Å². The van der Waals surface area contributed by atoms with Gasteiger partial charge in [0, 0.05) is 3.57 Å². The van der Waals surface area contributed by atoms with Gasteiger partial charge in [0.25, 0.3) is 0 Å². The van der Waals surface area contributed by atoms with Crippen LogP contribution in [0.4, 0.5) is 13.2 Å². The molecule has 2 rings (SSSR count). The third-order valence-corrected chi connectivity index (χ3v) is 3.70. The standard InChI is InChI=1S/C14H11F3INO/c15-14(16,17)20-10-7-5-9(6-8-10)13(19)11-3-1-2-4-12(11)18/h1-8,13H,19H2/t13-/m1/s1. The number of hydrogen-bond acceptors (Lipinski definition) is 2. The fourth-order valence-corrected chi connectivity index (χ4v) is 2.51. The van der Waals surface area contributed by atoms with Crippen molar-refractivity contribution in [1.29, 1.82) is 0 Å². The number of rotatable bonds is 3. The van der Waals surface area contributed by atoms with Gasteiger partial charge in [0.2, 0.25) is 0 Å². The van der Waals surface area contributed by atoms with Crippen LogP contribution in [0.3, 0.4) is 0 Å². The summed E-state index contributed by atoms with van der Waals surface area (Å²) in [5.74, 6) is -0.254. The average Bonchev–Trinajstić information content (AvgIpc) is 2.37. The van der Waals surface area contributed by atoms with Crippen LogP contribution in [0.25, 0.3) is 0 Å². The molecule has 0 spiro atoms. The summed E-state index contributed by atoms with van der Waals surface area (Å²) in [5, 5.41) is 0. The highest BCUT2D eigenvalue weighted by Gasteiger charge is 2.31. The maximum absolute atomic E-state index is 12.1. The van der Waals surface area contributed by atoms with E-state index in [2.05, 4.69) is 27.3 Å². The molecule has 0 aliphatic carbocycles. The van der Waals surface area contributed by atoms with Crippen LogP contribution in [-0.4, -0.2) is 6.36 Å². The third-order valence-electron chi connectivity index (χ3n) is 2.71. The zero-order valence-corrected chi connectivity index (χ0v) is 12.4. The van der Waals surface area contributed by atoms with Crippen molar-refractivity contribution < 1.29 is 17.9 Å². The van der Waals surface area contributed by atoms with E-state index < -0.39 is 6.36 Å². The summed E-state index contributed by atoms with van der Waals surface area (Å²) in [6, 6.07) is 12.8. The van der Waals surface area contributed by atoms with Gasteiger partial charge in [-0.1, -0.05) is 30.3 Å². The Morgan fingerprint density at radius 2 is 1.60 bits per heavy atom. The van der Waals surface area contributed by atoms with Crippen molar-refractivity contribution in [1.82, 2.24) is 0 Å². The van der Waals surface area contributed by atoms with Gasteiger partial charge in [-0.05, 0) is 51.9 Å². The monoisotopic (exact) mass is 393 g/mol. The molecule has 20 heavy (non-hydrogen) atoms. The van der Waals surface area contributed by atoms with Crippen molar-refractivity contribution in [2.45, 2.75) is 12.4 Å². The van der Waals surface area contributed by atoms with Crippen LogP contribution in [0.15, 0.2) is 48.5 Å². The Kier molecular flexibility index (Phi) is 4.54. The quantitative estimate of drug-likeness (QED) is 0.793. The van der Waals surface area contributed by atoms with Crippen LogP contribution in [0.5, 0.6) is 5.75 Å². The van der Waals surface area contributed by atoms with E-state index in [1.54, 1.807) is 0 Å². The van der Waals surface area contributed by atoms with E-state index in [4.69, 9.17) is 5.73 Å². The number of nitrogens with two attached hydrogens (primary N) is 1. The highest BCUT2D eigenvalue weighted by Crippen LogP contribution is 2.27. The summed E-state index contributed by atoms with van der Waals surface area (Å²) in [5.41, 5.74) is 7.78. The Bertz CT molecular complexity index is 584. The number of ether oxygens (including phenoxy) is 1. The van der Waals surface area contributed by atoms with Crippen molar-refractivity contribution >= 4 is 22.6 Å². The van der Waals surface area contributed by atoms with Crippen molar-refractivity contribution in [3.05, 3.63) is 63.2 Å². The van der Waals surface area contributed by atoms with E-state index in [9.17, 15) is 13.2 Å². The van der Waals surface area contributed by atoms with Crippen molar-refractivity contribution in [2.75, 3.05) is 0 Å². The predicted molar refractivity (Wildman–Crippen MR) is 78.3 cm³/mol. The summed E-state index contributed by atoms with van der Waals surface area (Å²) >= 11 is 2.17. The highest BCUT2D eigenvalue weighted by molar-refractivity contribution is 14.1. The van der Waals surface area contributed by atoms with E-state index in [0.29, 0.717) is 0 Å². The molecule has 0 amide bonds. The van der Waals surface area contributed by atoms with E-state index >= 15 is 0 Å². The second-order valence-corrected chi connectivity index (χ2v) is 5.28. The van der Waals surface area contributed by atoms with Gasteiger partial charge in [0.05, 0.1) is 6.04 Å². The lowest BCUT2D eigenvalue weighted by atomic mass is 10.00. The number of alkyl halides is 3. The first-order chi connectivity index (χ1) is 9.37. The number of hydrogen-bond donors (Lipinski definition) is 1. The molecule has 0 saturated heterocycles. The number of benzene rings is 2. The minimum atomic E-state index is -4.68. The van der Waals surface area contributed by atoms with E-state index in [1.165, 1.54) is 24.3 Å². The van der Waals surface area contributed by atoms with Gasteiger partial charge < -0.3 is 10.5 Å². The SMILES string of the molecule is N[C@H](c1ccc(OC(F)(F)F)cc1)c1ccccc1I. The van der Waals surface area contributed by atoms with Crippen LogP contribution in [0.2, 0.25) is 0 Å². The molecular weight excluding hydrogens is 382 g/mol. The largest absolute Gasteiger partial charge is 0.573 e. The molecule has 0 fully saturated rings. The molecule has 2 N–H and O–H groups in total. The Balaban J connectivity index is 2.20. The highest BCUT2D eigenvalue weighted by atomic mass is 127. The van der Waals surface area contributed by atoms with Crippen LogP contribution in [0.1, 0.15) is 17.2 Å². The Hall–Kier alpha value is -1.28. The second-order valence-electron chi connectivity index (χ2n) is 4.12. The minimum Gasteiger partial charge on any atom is -0.406 e. The maximum atomic E-state index is 12.1.